The molecule has 0 saturated heterocycles. The number of hydrogen-bond acceptors (Lipinski definition) is 4. The van der Waals surface area contributed by atoms with E-state index in [9.17, 15) is 9.59 Å². The van der Waals surface area contributed by atoms with E-state index >= 15 is 0 Å². The SMILES string of the molecule is CCOC(=O)c1ccc(N2C(=O)c3[nH]nc(-c4ccc(C)cc4)c3[C@@H]2c2ccccc2)cc1. The topological polar surface area (TPSA) is 75.3 Å². The van der Waals surface area contributed by atoms with Crippen molar-refractivity contribution in [2.24, 2.45) is 0 Å². The third-order valence-electron chi connectivity index (χ3n) is 5.87. The minimum Gasteiger partial charge on any atom is -0.462 e. The largest absolute Gasteiger partial charge is 0.462 e. The number of carbonyl (C=O) groups is 2. The third kappa shape index (κ3) is 3.59. The highest BCUT2D eigenvalue weighted by Gasteiger charge is 2.43. The summed E-state index contributed by atoms with van der Waals surface area (Å²) in [4.78, 5) is 27.4. The van der Waals surface area contributed by atoms with Crippen LogP contribution in [0.25, 0.3) is 11.3 Å². The molecule has 0 bridgehead atoms. The van der Waals surface area contributed by atoms with Gasteiger partial charge in [-0.2, -0.15) is 5.10 Å². The van der Waals surface area contributed by atoms with Gasteiger partial charge in [-0.1, -0.05) is 60.2 Å². The number of fused-ring (bicyclic) bond motifs is 1. The van der Waals surface area contributed by atoms with Crippen LogP contribution < -0.4 is 4.90 Å². The first-order valence-electron chi connectivity index (χ1n) is 10.9. The summed E-state index contributed by atoms with van der Waals surface area (Å²) in [5, 5.41) is 7.50. The van der Waals surface area contributed by atoms with Crippen LogP contribution in [0.15, 0.2) is 78.9 Å². The van der Waals surface area contributed by atoms with E-state index in [-0.39, 0.29) is 17.9 Å². The van der Waals surface area contributed by atoms with Gasteiger partial charge in [-0.05, 0) is 43.7 Å². The first kappa shape index (κ1) is 20.7. The summed E-state index contributed by atoms with van der Waals surface area (Å²) < 4.78 is 5.08. The molecule has 33 heavy (non-hydrogen) atoms. The number of aromatic amines is 1. The fourth-order valence-electron chi connectivity index (χ4n) is 4.27. The highest BCUT2D eigenvalue weighted by molar-refractivity contribution is 6.11. The number of hydrogen-bond donors (Lipinski definition) is 1. The van der Waals surface area contributed by atoms with Gasteiger partial charge in [-0.25, -0.2) is 4.79 Å². The lowest BCUT2D eigenvalue weighted by atomic mass is 9.95. The second-order valence-corrected chi connectivity index (χ2v) is 7.98. The number of aryl methyl sites for hydroxylation is 1. The molecule has 0 radical (unpaired) electrons. The fraction of sp³-hybridized carbons (Fsp3) is 0.148. The predicted octanol–water partition coefficient (Wildman–Crippen LogP) is 5.31. The molecule has 0 unspecified atom stereocenters. The number of carbonyl (C=O) groups excluding carboxylic acids is 2. The summed E-state index contributed by atoms with van der Waals surface area (Å²) in [5.74, 6) is -0.541. The van der Waals surface area contributed by atoms with Gasteiger partial charge in [0, 0.05) is 16.8 Å². The Bertz CT molecular complexity index is 1310. The molecule has 1 amide bonds. The molecule has 2 heterocycles. The first-order chi connectivity index (χ1) is 16.1. The lowest BCUT2D eigenvalue weighted by Crippen LogP contribution is -2.29. The van der Waals surface area contributed by atoms with Crippen LogP contribution in [0.3, 0.4) is 0 Å². The zero-order chi connectivity index (χ0) is 22.9. The Morgan fingerprint density at radius 3 is 2.36 bits per heavy atom. The van der Waals surface area contributed by atoms with Crippen molar-refractivity contribution in [1.82, 2.24) is 10.2 Å². The highest BCUT2D eigenvalue weighted by Crippen LogP contribution is 2.44. The van der Waals surface area contributed by atoms with E-state index in [0.29, 0.717) is 23.6 Å². The van der Waals surface area contributed by atoms with Gasteiger partial charge >= 0.3 is 5.97 Å². The van der Waals surface area contributed by atoms with Gasteiger partial charge < -0.3 is 4.74 Å². The molecule has 164 valence electrons. The number of nitrogens with zero attached hydrogens (tertiary/aromatic N) is 2. The third-order valence-corrected chi connectivity index (χ3v) is 5.87. The van der Waals surface area contributed by atoms with Gasteiger partial charge in [0.2, 0.25) is 0 Å². The number of H-pyrrole nitrogens is 1. The quantitative estimate of drug-likeness (QED) is 0.429. The fourth-order valence-corrected chi connectivity index (χ4v) is 4.27. The minimum absolute atomic E-state index is 0.159. The zero-order valence-electron chi connectivity index (χ0n) is 18.4. The van der Waals surface area contributed by atoms with E-state index in [2.05, 4.69) is 10.2 Å². The molecule has 0 spiro atoms. The van der Waals surface area contributed by atoms with Gasteiger partial charge in [0.15, 0.2) is 0 Å². The van der Waals surface area contributed by atoms with E-state index < -0.39 is 0 Å². The Hall–Kier alpha value is -4.19. The number of rotatable bonds is 5. The number of anilines is 1. The lowest BCUT2D eigenvalue weighted by Gasteiger charge is -2.26. The van der Waals surface area contributed by atoms with Crippen molar-refractivity contribution in [3.05, 3.63) is 107 Å². The van der Waals surface area contributed by atoms with Gasteiger partial charge in [-0.15, -0.1) is 0 Å². The number of aromatic nitrogens is 2. The monoisotopic (exact) mass is 437 g/mol. The molecule has 1 aromatic heterocycles. The normalized spacial score (nSPS) is 14.9. The molecule has 3 aromatic carbocycles. The number of benzene rings is 3. The summed E-state index contributed by atoms with van der Waals surface area (Å²) in [6.07, 6.45) is 0. The maximum atomic E-state index is 13.6. The molecule has 0 saturated carbocycles. The van der Waals surface area contributed by atoms with Crippen LogP contribution in [-0.4, -0.2) is 28.7 Å². The Kier molecular flexibility index (Phi) is 5.26. The summed E-state index contributed by atoms with van der Waals surface area (Å²) in [6.45, 7) is 4.12. The Morgan fingerprint density at radius 2 is 1.70 bits per heavy atom. The lowest BCUT2D eigenvalue weighted by molar-refractivity contribution is 0.0526. The molecule has 1 aliphatic heterocycles. The maximum Gasteiger partial charge on any atom is 0.338 e. The van der Waals surface area contributed by atoms with Crippen molar-refractivity contribution < 1.29 is 14.3 Å². The summed E-state index contributed by atoms with van der Waals surface area (Å²) >= 11 is 0. The molecular weight excluding hydrogens is 414 g/mol. The average molecular weight is 437 g/mol. The van der Waals surface area contributed by atoms with E-state index in [1.54, 1.807) is 36.1 Å². The van der Waals surface area contributed by atoms with Crippen molar-refractivity contribution in [1.29, 1.82) is 0 Å². The summed E-state index contributed by atoms with van der Waals surface area (Å²) in [6, 6.07) is 24.6. The average Bonchev–Trinajstić information content (AvgIpc) is 3.39. The minimum atomic E-state index is -0.382. The van der Waals surface area contributed by atoms with E-state index in [1.807, 2.05) is 61.5 Å². The molecule has 1 N–H and O–H groups in total. The summed E-state index contributed by atoms with van der Waals surface area (Å²) in [7, 11) is 0. The molecule has 4 aromatic rings. The molecule has 6 nitrogen and oxygen atoms in total. The Balaban J connectivity index is 1.62. The second kappa shape index (κ2) is 8.39. The number of nitrogens with one attached hydrogen (secondary N) is 1. The van der Waals surface area contributed by atoms with Crippen LogP contribution in [0.5, 0.6) is 0 Å². The molecule has 1 atom stereocenters. The van der Waals surface area contributed by atoms with Crippen molar-refractivity contribution in [2.75, 3.05) is 11.5 Å². The molecule has 0 fully saturated rings. The molecule has 6 heteroatoms. The maximum absolute atomic E-state index is 13.6. The smallest absolute Gasteiger partial charge is 0.338 e. The van der Waals surface area contributed by atoms with Crippen LogP contribution in [0, 0.1) is 6.92 Å². The number of ether oxygens (including phenoxy) is 1. The van der Waals surface area contributed by atoms with Crippen LogP contribution in [0.1, 0.15) is 50.5 Å². The molecular formula is C27H23N3O3. The van der Waals surface area contributed by atoms with Crippen LogP contribution in [0.4, 0.5) is 5.69 Å². The highest BCUT2D eigenvalue weighted by atomic mass is 16.5. The number of amides is 1. The van der Waals surface area contributed by atoms with Gasteiger partial charge in [0.1, 0.15) is 5.69 Å². The van der Waals surface area contributed by atoms with E-state index in [1.165, 1.54) is 0 Å². The van der Waals surface area contributed by atoms with Crippen molar-refractivity contribution in [2.45, 2.75) is 19.9 Å². The molecule has 5 rings (SSSR count). The number of esters is 1. The zero-order valence-corrected chi connectivity index (χ0v) is 18.4. The van der Waals surface area contributed by atoms with Crippen LogP contribution in [-0.2, 0) is 4.74 Å². The summed E-state index contributed by atoms with van der Waals surface area (Å²) in [5.41, 5.74) is 6.33. The Morgan fingerprint density at radius 1 is 1.00 bits per heavy atom. The van der Waals surface area contributed by atoms with E-state index in [4.69, 9.17) is 4.74 Å². The van der Waals surface area contributed by atoms with Crippen molar-refractivity contribution in [3.63, 3.8) is 0 Å². The Labute approximate surface area is 191 Å². The second-order valence-electron chi connectivity index (χ2n) is 7.98. The molecule has 1 aliphatic rings. The first-order valence-corrected chi connectivity index (χ1v) is 10.9. The van der Waals surface area contributed by atoms with E-state index in [0.717, 1.165) is 27.9 Å². The molecule has 0 aliphatic carbocycles. The van der Waals surface area contributed by atoms with Crippen molar-refractivity contribution >= 4 is 17.6 Å². The van der Waals surface area contributed by atoms with Gasteiger partial charge in [-0.3, -0.25) is 14.8 Å². The van der Waals surface area contributed by atoms with Gasteiger partial charge in [0.05, 0.1) is 23.9 Å². The van der Waals surface area contributed by atoms with Crippen LogP contribution in [0.2, 0.25) is 0 Å². The van der Waals surface area contributed by atoms with Gasteiger partial charge in [0.25, 0.3) is 5.91 Å². The van der Waals surface area contributed by atoms with Crippen LogP contribution >= 0.6 is 0 Å². The standard InChI is InChI=1S/C27H23N3O3/c1-3-33-27(32)20-13-15-21(16-14-20)30-25(19-7-5-4-6-8-19)22-23(28-29-24(22)26(30)31)18-11-9-17(2)10-12-18/h4-16,25H,3H2,1-2H3,(H,28,29)/t25-/m0/s1. The predicted molar refractivity (Wildman–Crippen MR) is 126 cm³/mol. The van der Waals surface area contributed by atoms with Crippen molar-refractivity contribution in [3.8, 4) is 11.3 Å².